The maximum absolute atomic E-state index is 9.24. The lowest BCUT2D eigenvalue weighted by Gasteiger charge is -2.34. The number of rotatable bonds is 0. The second-order valence-corrected chi connectivity index (χ2v) is 3.42. The van der Waals surface area contributed by atoms with Crippen LogP contribution in [0.1, 0.15) is 27.2 Å². The molecular weight excluding hydrogens is 128 g/mol. The highest BCUT2D eigenvalue weighted by atomic mass is 16.6. The molecule has 0 unspecified atom stereocenters. The fraction of sp³-hybridized carbons (Fsp3) is 1.00. The van der Waals surface area contributed by atoms with Crippen LogP contribution in [0.5, 0.6) is 0 Å². The van der Waals surface area contributed by atoms with E-state index >= 15 is 0 Å². The van der Waals surface area contributed by atoms with Crippen LogP contribution in [0.2, 0.25) is 0 Å². The molecule has 0 amide bonds. The zero-order valence-electron chi connectivity index (χ0n) is 6.87. The summed E-state index contributed by atoms with van der Waals surface area (Å²) in [5.74, 6) is 0.879. The quantitative estimate of drug-likeness (QED) is 0.556. The van der Waals surface area contributed by atoms with Crippen molar-refractivity contribution in [1.29, 1.82) is 0 Å². The van der Waals surface area contributed by atoms with E-state index in [4.69, 9.17) is 4.74 Å². The molecule has 1 aliphatic heterocycles. The molecule has 0 saturated carbocycles. The minimum atomic E-state index is -0.536. The second-order valence-electron chi connectivity index (χ2n) is 3.42. The zero-order chi connectivity index (χ0) is 7.72. The highest BCUT2D eigenvalue weighted by molar-refractivity contribution is 4.72. The van der Waals surface area contributed by atoms with E-state index in [-0.39, 0.29) is 6.10 Å². The first-order valence-corrected chi connectivity index (χ1v) is 3.94. The van der Waals surface area contributed by atoms with Crippen LogP contribution in [-0.4, -0.2) is 17.5 Å². The molecule has 1 rings (SSSR count). The lowest BCUT2D eigenvalue weighted by atomic mass is 9.90. The van der Waals surface area contributed by atoms with Gasteiger partial charge in [0.2, 0.25) is 0 Å². The third-order valence-corrected chi connectivity index (χ3v) is 2.39. The SMILES string of the molecule is C[C@@H]1C[C@@H](C)[C@H](O)O[C@H]1C. The third-order valence-electron chi connectivity index (χ3n) is 2.39. The number of hydrogen-bond acceptors (Lipinski definition) is 2. The second kappa shape index (κ2) is 2.89. The summed E-state index contributed by atoms with van der Waals surface area (Å²) in [7, 11) is 0. The lowest BCUT2D eigenvalue weighted by Crippen LogP contribution is -2.37. The fourth-order valence-corrected chi connectivity index (χ4v) is 1.38. The minimum absolute atomic E-state index is 0.214. The van der Waals surface area contributed by atoms with Gasteiger partial charge in [-0.3, -0.25) is 0 Å². The molecule has 0 aromatic rings. The van der Waals surface area contributed by atoms with Crippen LogP contribution in [0.15, 0.2) is 0 Å². The Hall–Kier alpha value is -0.0800. The third kappa shape index (κ3) is 1.50. The van der Waals surface area contributed by atoms with Gasteiger partial charge < -0.3 is 9.84 Å². The summed E-state index contributed by atoms with van der Waals surface area (Å²) in [6, 6.07) is 0. The average molecular weight is 144 g/mol. The van der Waals surface area contributed by atoms with Gasteiger partial charge in [-0.1, -0.05) is 13.8 Å². The first-order chi connectivity index (χ1) is 4.61. The van der Waals surface area contributed by atoms with E-state index in [1.54, 1.807) is 0 Å². The first kappa shape index (κ1) is 8.02. The Morgan fingerprint density at radius 2 is 1.80 bits per heavy atom. The molecule has 1 N–H and O–H groups in total. The molecular formula is C8H16O2. The number of hydrogen-bond donors (Lipinski definition) is 1. The van der Waals surface area contributed by atoms with Crippen molar-refractivity contribution in [3.63, 3.8) is 0 Å². The Morgan fingerprint density at radius 1 is 1.20 bits per heavy atom. The number of ether oxygens (including phenoxy) is 1. The van der Waals surface area contributed by atoms with Crippen LogP contribution < -0.4 is 0 Å². The topological polar surface area (TPSA) is 29.5 Å². The molecule has 1 heterocycles. The summed E-state index contributed by atoms with van der Waals surface area (Å²) < 4.78 is 5.27. The molecule has 0 radical (unpaired) electrons. The van der Waals surface area contributed by atoms with Crippen LogP contribution in [0.3, 0.4) is 0 Å². The van der Waals surface area contributed by atoms with Crippen LogP contribution in [0, 0.1) is 11.8 Å². The van der Waals surface area contributed by atoms with Gasteiger partial charge in [0.25, 0.3) is 0 Å². The Kier molecular flexibility index (Phi) is 2.32. The molecule has 4 atom stereocenters. The summed E-state index contributed by atoms with van der Waals surface area (Å²) in [6.07, 6.45) is 0.750. The van der Waals surface area contributed by atoms with Gasteiger partial charge in [-0.25, -0.2) is 0 Å². The molecule has 1 aliphatic rings. The Labute approximate surface area is 62.2 Å². The van der Waals surface area contributed by atoms with Crippen LogP contribution >= 0.6 is 0 Å². The lowest BCUT2D eigenvalue weighted by molar-refractivity contribution is -0.200. The average Bonchev–Trinajstić information content (AvgIpc) is 1.84. The predicted molar refractivity (Wildman–Crippen MR) is 39.5 cm³/mol. The molecule has 60 valence electrons. The van der Waals surface area contributed by atoms with Gasteiger partial charge in [0.15, 0.2) is 6.29 Å². The molecule has 10 heavy (non-hydrogen) atoms. The molecule has 1 saturated heterocycles. The Morgan fingerprint density at radius 3 is 2.30 bits per heavy atom. The van der Waals surface area contributed by atoms with Crippen molar-refractivity contribution in [3.05, 3.63) is 0 Å². The molecule has 0 aromatic carbocycles. The van der Waals surface area contributed by atoms with Crippen LogP contribution in [0.4, 0.5) is 0 Å². The summed E-state index contributed by atoms with van der Waals surface area (Å²) in [6.45, 7) is 6.19. The van der Waals surface area contributed by atoms with E-state index in [1.165, 1.54) is 0 Å². The van der Waals surface area contributed by atoms with E-state index in [0.29, 0.717) is 11.8 Å². The van der Waals surface area contributed by atoms with Crippen LogP contribution in [0.25, 0.3) is 0 Å². The van der Waals surface area contributed by atoms with Gasteiger partial charge in [-0.05, 0) is 19.3 Å². The maximum atomic E-state index is 9.24. The number of aliphatic hydroxyl groups is 1. The summed E-state index contributed by atoms with van der Waals surface area (Å²) in [4.78, 5) is 0. The van der Waals surface area contributed by atoms with Crippen molar-refractivity contribution in [2.24, 2.45) is 11.8 Å². The van der Waals surface area contributed by atoms with Crippen molar-refractivity contribution >= 4 is 0 Å². The summed E-state index contributed by atoms with van der Waals surface area (Å²) in [5, 5.41) is 9.24. The van der Waals surface area contributed by atoms with Gasteiger partial charge in [0.1, 0.15) is 0 Å². The molecule has 0 bridgehead atoms. The van der Waals surface area contributed by atoms with Crippen molar-refractivity contribution in [1.82, 2.24) is 0 Å². The maximum Gasteiger partial charge on any atom is 0.157 e. The van der Waals surface area contributed by atoms with Crippen molar-refractivity contribution < 1.29 is 9.84 Å². The van der Waals surface area contributed by atoms with E-state index in [1.807, 2.05) is 13.8 Å². The number of aliphatic hydroxyl groups excluding tert-OH is 1. The van der Waals surface area contributed by atoms with E-state index in [2.05, 4.69) is 6.92 Å². The molecule has 0 aliphatic carbocycles. The fourth-order valence-electron chi connectivity index (χ4n) is 1.38. The van der Waals surface area contributed by atoms with Crippen molar-refractivity contribution in [2.45, 2.75) is 39.6 Å². The highest BCUT2D eigenvalue weighted by Gasteiger charge is 2.29. The van der Waals surface area contributed by atoms with Gasteiger partial charge in [0.05, 0.1) is 6.10 Å². The van der Waals surface area contributed by atoms with Crippen LogP contribution in [-0.2, 0) is 4.74 Å². The van der Waals surface area contributed by atoms with Crippen molar-refractivity contribution in [2.75, 3.05) is 0 Å². The standard InChI is InChI=1S/C8H16O2/c1-5-4-6(2)8(9)10-7(5)3/h5-9H,4H2,1-3H3/t5-,6-,7+,8-/m1/s1. The molecule has 2 heteroatoms. The first-order valence-electron chi connectivity index (χ1n) is 3.94. The van der Waals surface area contributed by atoms with Gasteiger partial charge in [-0.15, -0.1) is 0 Å². The molecule has 2 nitrogen and oxygen atoms in total. The molecule has 0 aromatic heterocycles. The minimum Gasteiger partial charge on any atom is -0.368 e. The van der Waals surface area contributed by atoms with E-state index in [9.17, 15) is 5.11 Å². The van der Waals surface area contributed by atoms with Gasteiger partial charge >= 0.3 is 0 Å². The molecule has 1 fully saturated rings. The van der Waals surface area contributed by atoms with Crippen molar-refractivity contribution in [3.8, 4) is 0 Å². The predicted octanol–water partition coefficient (Wildman–Crippen LogP) is 1.39. The normalized spacial score (nSPS) is 49.2. The van der Waals surface area contributed by atoms with Gasteiger partial charge in [0, 0.05) is 5.92 Å². The smallest absolute Gasteiger partial charge is 0.157 e. The zero-order valence-corrected chi connectivity index (χ0v) is 6.87. The highest BCUT2D eigenvalue weighted by Crippen LogP contribution is 2.27. The largest absolute Gasteiger partial charge is 0.368 e. The summed E-state index contributed by atoms with van der Waals surface area (Å²) in [5.41, 5.74) is 0. The Bertz CT molecular complexity index is 87.8. The Balaban J connectivity index is 2.46. The van der Waals surface area contributed by atoms with Gasteiger partial charge in [-0.2, -0.15) is 0 Å². The monoisotopic (exact) mass is 144 g/mol. The van der Waals surface area contributed by atoms with E-state index < -0.39 is 6.29 Å². The van der Waals surface area contributed by atoms with E-state index in [0.717, 1.165) is 6.42 Å². The molecule has 0 spiro atoms. The summed E-state index contributed by atoms with van der Waals surface area (Å²) >= 11 is 0.